The number of alkyl halides is 1. The number of likely N-dealkylation sites (tertiary alicyclic amines) is 1. The average molecular weight is 658 g/mol. The zero-order chi connectivity index (χ0) is 33.2. The monoisotopic (exact) mass is 657 g/mol. The molecule has 250 valence electrons. The van der Waals surface area contributed by atoms with Crippen molar-refractivity contribution >= 4 is 27.5 Å². The SMILES string of the molecule is C#Cc1cccc2cc(O)cc(-c3c(F)cc4c(N5CC6CCC(C5)N6)nc(OCC5(CN6CC[C@H](F)[C@H](OC)C6)CC5)nc4c3F)c12. The van der Waals surface area contributed by atoms with Gasteiger partial charge in [-0.05, 0) is 61.8 Å². The third-order valence-electron chi connectivity index (χ3n) is 10.6. The third-order valence-corrected chi connectivity index (χ3v) is 10.6. The van der Waals surface area contributed by atoms with Crippen LogP contribution in [0.2, 0.25) is 0 Å². The number of nitrogens with one attached hydrogen (secondary N) is 1. The van der Waals surface area contributed by atoms with Crippen molar-refractivity contribution < 1.29 is 27.8 Å². The molecule has 4 fully saturated rings. The summed E-state index contributed by atoms with van der Waals surface area (Å²) in [6.45, 7) is 3.50. The van der Waals surface area contributed by atoms with Crippen molar-refractivity contribution in [3.63, 3.8) is 0 Å². The summed E-state index contributed by atoms with van der Waals surface area (Å²) in [7, 11) is 1.54. The first-order valence-corrected chi connectivity index (χ1v) is 16.7. The first kappa shape index (κ1) is 31.2. The standard InChI is InChI=1S/C37H38F3N5O3/c1-3-21-5-4-6-22-13-25(46)14-26(31(21)22)32-29(39)15-27-34(33(32)40)42-36(43-35(27)45-16-23-7-8-24(17-45)41-23)48-20-37(10-11-37)19-44-12-9-28(38)30(18-44)47-2/h1,4-6,13-15,23-24,28,30,41,46H,7-12,16-20H2,2H3/t23?,24?,28-,30+/m0/s1. The van der Waals surface area contributed by atoms with E-state index in [1.54, 1.807) is 25.3 Å². The van der Waals surface area contributed by atoms with E-state index in [0.29, 0.717) is 61.4 Å². The molecule has 0 amide bonds. The number of methoxy groups -OCH3 is 1. The van der Waals surface area contributed by atoms with Crippen LogP contribution in [0.15, 0.2) is 36.4 Å². The number of benzene rings is 3. The Labute approximate surface area is 277 Å². The minimum absolute atomic E-state index is 0.0217. The number of nitrogens with zero attached hydrogens (tertiary/aromatic N) is 4. The molecule has 8 nitrogen and oxygen atoms in total. The summed E-state index contributed by atoms with van der Waals surface area (Å²) in [5.41, 5.74) is 0.0515. The number of phenols is 1. The predicted octanol–water partition coefficient (Wildman–Crippen LogP) is 5.57. The Hall–Kier alpha value is -4.11. The maximum atomic E-state index is 16.9. The molecule has 3 aromatic carbocycles. The van der Waals surface area contributed by atoms with Crippen LogP contribution in [0.4, 0.5) is 19.0 Å². The molecule has 2 N–H and O–H groups in total. The molecule has 8 rings (SSSR count). The van der Waals surface area contributed by atoms with Crippen LogP contribution in [-0.4, -0.2) is 90.8 Å². The van der Waals surface area contributed by atoms with Gasteiger partial charge in [-0.1, -0.05) is 18.1 Å². The van der Waals surface area contributed by atoms with Crippen molar-refractivity contribution in [2.75, 3.05) is 51.3 Å². The number of fused-ring (bicyclic) bond motifs is 4. The van der Waals surface area contributed by atoms with Crippen molar-refractivity contribution in [1.29, 1.82) is 0 Å². The van der Waals surface area contributed by atoms with E-state index in [9.17, 15) is 9.50 Å². The van der Waals surface area contributed by atoms with Gasteiger partial charge in [-0.2, -0.15) is 9.97 Å². The van der Waals surface area contributed by atoms with E-state index >= 15 is 8.78 Å². The highest BCUT2D eigenvalue weighted by Gasteiger charge is 2.46. The van der Waals surface area contributed by atoms with E-state index in [1.807, 2.05) is 0 Å². The Morgan fingerprint density at radius 1 is 1.08 bits per heavy atom. The quantitative estimate of drug-likeness (QED) is 0.238. The Kier molecular flexibility index (Phi) is 7.85. The molecule has 3 saturated heterocycles. The van der Waals surface area contributed by atoms with Crippen LogP contribution >= 0.6 is 0 Å². The van der Waals surface area contributed by atoms with Crippen LogP contribution in [0.25, 0.3) is 32.8 Å². The first-order valence-electron chi connectivity index (χ1n) is 16.7. The minimum atomic E-state index is -0.970. The number of piperazine rings is 1. The van der Waals surface area contributed by atoms with Gasteiger partial charge in [0.15, 0.2) is 5.82 Å². The molecule has 4 aromatic rings. The molecule has 2 bridgehead atoms. The van der Waals surface area contributed by atoms with E-state index < -0.39 is 23.9 Å². The first-order chi connectivity index (χ1) is 23.2. The van der Waals surface area contributed by atoms with Crippen molar-refractivity contribution in [3.05, 3.63) is 53.6 Å². The fourth-order valence-electron chi connectivity index (χ4n) is 7.95. The second-order valence-electron chi connectivity index (χ2n) is 14.0. The lowest BCUT2D eigenvalue weighted by Gasteiger charge is -2.36. The third kappa shape index (κ3) is 5.59. The van der Waals surface area contributed by atoms with E-state index in [1.165, 1.54) is 18.2 Å². The highest BCUT2D eigenvalue weighted by Crippen LogP contribution is 2.47. The highest BCUT2D eigenvalue weighted by atomic mass is 19.1. The summed E-state index contributed by atoms with van der Waals surface area (Å²) in [6, 6.07) is 9.85. The molecule has 1 aromatic heterocycles. The smallest absolute Gasteiger partial charge is 0.319 e. The van der Waals surface area contributed by atoms with Gasteiger partial charge in [-0.15, -0.1) is 6.42 Å². The zero-order valence-corrected chi connectivity index (χ0v) is 26.8. The Bertz CT molecular complexity index is 1930. The lowest BCUT2D eigenvalue weighted by Crippen LogP contribution is -2.51. The molecular weight excluding hydrogens is 619 g/mol. The number of piperidine rings is 1. The normalized spacial score (nSPS) is 25.0. The summed E-state index contributed by atoms with van der Waals surface area (Å²) < 4.78 is 59.1. The predicted molar refractivity (Wildman–Crippen MR) is 178 cm³/mol. The number of ether oxygens (including phenoxy) is 2. The van der Waals surface area contributed by atoms with E-state index in [4.69, 9.17) is 20.9 Å². The highest BCUT2D eigenvalue weighted by molar-refractivity contribution is 6.04. The fraction of sp³-hybridized carbons (Fsp3) is 0.459. The molecular formula is C37H38F3N5O3. The maximum absolute atomic E-state index is 16.9. The summed E-state index contributed by atoms with van der Waals surface area (Å²) in [5, 5.41) is 15.4. The van der Waals surface area contributed by atoms with Gasteiger partial charge in [-0.3, -0.25) is 4.90 Å². The molecule has 2 unspecified atom stereocenters. The van der Waals surface area contributed by atoms with Gasteiger partial charge in [0.05, 0.1) is 12.2 Å². The van der Waals surface area contributed by atoms with E-state index in [2.05, 4.69) is 26.0 Å². The molecule has 1 saturated carbocycles. The number of aromatic hydroxyl groups is 1. The van der Waals surface area contributed by atoms with Crippen LogP contribution in [0, 0.1) is 29.4 Å². The second kappa shape index (κ2) is 12.1. The summed E-state index contributed by atoms with van der Waals surface area (Å²) >= 11 is 0. The lowest BCUT2D eigenvalue weighted by molar-refractivity contribution is -0.0319. The summed E-state index contributed by atoms with van der Waals surface area (Å²) in [5.74, 6) is 1.21. The lowest BCUT2D eigenvalue weighted by atomic mass is 9.93. The van der Waals surface area contributed by atoms with Crippen LogP contribution in [0.1, 0.15) is 37.7 Å². The number of hydrogen-bond acceptors (Lipinski definition) is 8. The van der Waals surface area contributed by atoms with Crippen molar-refractivity contribution in [2.24, 2.45) is 5.41 Å². The van der Waals surface area contributed by atoms with Gasteiger partial charge < -0.3 is 24.8 Å². The van der Waals surface area contributed by atoms with Gasteiger partial charge in [0.25, 0.3) is 0 Å². The van der Waals surface area contributed by atoms with Crippen molar-refractivity contribution in [3.8, 4) is 35.2 Å². The van der Waals surface area contributed by atoms with E-state index in [0.717, 1.165) is 32.2 Å². The molecule has 4 aliphatic rings. The number of hydrogen-bond donors (Lipinski definition) is 2. The van der Waals surface area contributed by atoms with E-state index in [-0.39, 0.29) is 51.3 Å². The Morgan fingerprint density at radius 3 is 2.60 bits per heavy atom. The molecule has 4 heterocycles. The van der Waals surface area contributed by atoms with Gasteiger partial charge in [0.1, 0.15) is 35.2 Å². The van der Waals surface area contributed by atoms with Crippen LogP contribution < -0.4 is 15.0 Å². The maximum Gasteiger partial charge on any atom is 0.319 e. The summed E-state index contributed by atoms with van der Waals surface area (Å²) in [4.78, 5) is 13.7. The Balaban J connectivity index is 1.19. The fourth-order valence-corrected chi connectivity index (χ4v) is 7.95. The number of anilines is 1. The van der Waals surface area contributed by atoms with Gasteiger partial charge in [-0.25, -0.2) is 13.2 Å². The number of aromatic nitrogens is 2. The number of terminal acetylenes is 1. The largest absolute Gasteiger partial charge is 0.508 e. The number of phenolic OH excluding ortho intramolecular Hbond substituents is 1. The molecule has 3 aliphatic heterocycles. The van der Waals surface area contributed by atoms with Crippen molar-refractivity contribution in [2.45, 2.75) is 56.5 Å². The molecule has 1 aliphatic carbocycles. The number of rotatable bonds is 8. The second-order valence-corrected chi connectivity index (χ2v) is 14.0. The zero-order valence-electron chi connectivity index (χ0n) is 26.8. The van der Waals surface area contributed by atoms with Crippen LogP contribution in [0.3, 0.4) is 0 Å². The minimum Gasteiger partial charge on any atom is -0.508 e. The van der Waals surface area contributed by atoms with Crippen LogP contribution in [-0.2, 0) is 4.74 Å². The van der Waals surface area contributed by atoms with Crippen molar-refractivity contribution in [1.82, 2.24) is 20.2 Å². The molecule has 4 atom stereocenters. The van der Waals surface area contributed by atoms with Crippen LogP contribution in [0.5, 0.6) is 11.8 Å². The van der Waals surface area contributed by atoms with Gasteiger partial charge in [0.2, 0.25) is 0 Å². The molecule has 48 heavy (non-hydrogen) atoms. The molecule has 0 radical (unpaired) electrons. The summed E-state index contributed by atoms with van der Waals surface area (Å²) in [6.07, 6.45) is 8.72. The molecule has 11 heteroatoms. The van der Waals surface area contributed by atoms with Gasteiger partial charge >= 0.3 is 6.01 Å². The topological polar surface area (TPSA) is 83.0 Å². The molecule has 0 spiro atoms. The Morgan fingerprint density at radius 2 is 1.88 bits per heavy atom. The number of halogens is 3. The average Bonchev–Trinajstić information content (AvgIpc) is 3.77. The van der Waals surface area contributed by atoms with Gasteiger partial charge in [0, 0.05) is 79.2 Å².